The van der Waals surface area contributed by atoms with Crippen LogP contribution in [0.1, 0.15) is 5.56 Å². The molecule has 0 saturated heterocycles. The molecule has 0 aliphatic heterocycles. The van der Waals surface area contributed by atoms with E-state index < -0.39 is 0 Å². The third kappa shape index (κ3) is 7.87. The van der Waals surface area contributed by atoms with Crippen LogP contribution in [0, 0.1) is 0 Å². The molecule has 15 rings (SSSR count). The van der Waals surface area contributed by atoms with Gasteiger partial charge in [0, 0.05) is 26.9 Å². The van der Waals surface area contributed by atoms with Gasteiger partial charge in [-0.3, -0.25) is 4.68 Å². The van der Waals surface area contributed by atoms with Crippen LogP contribution in [0.25, 0.3) is 133 Å². The Labute approximate surface area is 451 Å². The lowest BCUT2D eigenvalue weighted by atomic mass is 9.98. The van der Waals surface area contributed by atoms with Crippen LogP contribution >= 0.6 is 0 Å². The SMILES string of the molecule is c1ccc(-c2ccc(C[n+]3[n-]c(-c4ccc(-c5ccccc5)cc4)nc3-n3c4ccc(-c5ccccc5)cc4c4cc(-c5ccc6c(c5)c5cc(-c7ccccc7)ccc5n6-c5cccc6ccccc56)ccc43)cc2)cc1. The summed E-state index contributed by atoms with van der Waals surface area (Å²) in [5.41, 5.74) is 19.4. The maximum atomic E-state index is 5.50. The highest BCUT2D eigenvalue weighted by atomic mass is 15.4. The second-order valence-electron chi connectivity index (χ2n) is 20.2. The number of nitrogens with zero attached hydrogens (tertiary/aromatic N) is 5. The van der Waals surface area contributed by atoms with Gasteiger partial charge < -0.3 is 14.6 Å². The van der Waals surface area contributed by atoms with Gasteiger partial charge in [-0.15, -0.1) is 0 Å². The van der Waals surface area contributed by atoms with Gasteiger partial charge in [0.15, 0.2) is 0 Å². The Bertz CT molecular complexity index is 4700. The first-order valence-corrected chi connectivity index (χ1v) is 26.7. The summed E-state index contributed by atoms with van der Waals surface area (Å²) in [5.74, 6) is 1.42. The molecule has 12 aromatic carbocycles. The van der Waals surface area contributed by atoms with Gasteiger partial charge >= 0.3 is 0 Å². The van der Waals surface area contributed by atoms with E-state index in [9.17, 15) is 0 Å². The lowest BCUT2D eigenvalue weighted by Gasteiger charge is -2.12. The van der Waals surface area contributed by atoms with Crippen molar-refractivity contribution in [2.24, 2.45) is 0 Å². The van der Waals surface area contributed by atoms with Crippen molar-refractivity contribution in [1.82, 2.24) is 19.2 Å². The van der Waals surface area contributed by atoms with Crippen LogP contribution in [-0.4, -0.2) is 14.1 Å². The van der Waals surface area contributed by atoms with Crippen molar-refractivity contribution < 1.29 is 4.68 Å². The molecule has 0 saturated carbocycles. The minimum atomic E-state index is 0.527. The number of fused-ring (bicyclic) bond motifs is 7. The molecule has 3 heterocycles. The Kier molecular flexibility index (Phi) is 10.9. The highest BCUT2D eigenvalue weighted by Crippen LogP contribution is 2.41. The van der Waals surface area contributed by atoms with E-state index >= 15 is 0 Å². The molecule has 0 spiro atoms. The Hall–Kier alpha value is -10.4. The molecular formula is C73H49N5. The zero-order chi connectivity index (χ0) is 51.5. The van der Waals surface area contributed by atoms with E-state index in [1.807, 2.05) is 0 Å². The summed E-state index contributed by atoms with van der Waals surface area (Å²) in [7, 11) is 0. The van der Waals surface area contributed by atoms with Gasteiger partial charge in [0.1, 0.15) is 11.0 Å². The average Bonchev–Trinajstić information content (AvgIpc) is 4.29. The topological polar surface area (TPSA) is 40.7 Å². The molecule has 0 aliphatic rings. The standard InChI is InChI=1S/C73H49N5/c1-5-16-50(17-6-1)54-30-28-49(29-31-54)48-76-73(74-72(75-76)57-34-32-55(33-35-57)51-18-7-2-8-19-51)78-70-42-37-59(53-22-11-4-12-23-53)45-65(70)66-47-61(39-43-71(66)78)60-38-41-69-64(46-60)63-44-58(52-20-9-3-10-21-52)36-40-68(63)77(69)67-27-15-25-56-24-13-14-26-62(56)67/h1-47H,48H2. The van der Waals surface area contributed by atoms with E-state index in [0.717, 1.165) is 61.1 Å². The van der Waals surface area contributed by atoms with Gasteiger partial charge in [0.25, 0.3) is 0 Å². The minimum Gasteiger partial charge on any atom is -0.375 e. The quantitative estimate of drug-likeness (QED) is 0.128. The third-order valence-electron chi connectivity index (χ3n) is 15.6. The first-order chi connectivity index (χ1) is 38.6. The number of rotatable bonds is 10. The van der Waals surface area contributed by atoms with Crippen molar-refractivity contribution in [3.63, 3.8) is 0 Å². The fourth-order valence-corrected chi connectivity index (χ4v) is 11.7. The highest BCUT2D eigenvalue weighted by molar-refractivity contribution is 6.14. The molecule has 366 valence electrons. The van der Waals surface area contributed by atoms with Crippen LogP contribution < -0.4 is 9.78 Å². The molecule has 0 atom stereocenters. The van der Waals surface area contributed by atoms with Crippen molar-refractivity contribution >= 4 is 54.4 Å². The molecule has 5 heteroatoms. The fraction of sp³-hybridized carbons (Fsp3) is 0.0137. The number of benzene rings is 12. The summed E-state index contributed by atoms with van der Waals surface area (Å²) in [5, 5.41) is 12.5. The summed E-state index contributed by atoms with van der Waals surface area (Å²) in [6.45, 7) is 0.527. The molecule has 0 radical (unpaired) electrons. The highest BCUT2D eigenvalue weighted by Gasteiger charge is 2.22. The largest absolute Gasteiger partial charge is 0.375 e. The van der Waals surface area contributed by atoms with Gasteiger partial charge in [-0.05, 0) is 133 Å². The van der Waals surface area contributed by atoms with E-state index in [2.05, 4.69) is 299 Å². The summed E-state index contributed by atoms with van der Waals surface area (Å²) < 4.78 is 6.86. The maximum absolute atomic E-state index is 5.50. The molecule has 15 aromatic rings. The first-order valence-electron chi connectivity index (χ1n) is 26.7. The second kappa shape index (κ2) is 18.8. The molecule has 3 aromatic heterocycles. The number of aromatic nitrogens is 5. The number of hydrogen-bond acceptors (Lipinski definition) is 1. The smallest absolute Gasteiger partial charge is 0.229 e. The molecule has 0 amide bonds. The summed E-state index contributed by atoms with van der Waals surface area (Å²) in [6.07, 6.45) is 0. The van der Waals surface area contributed by atoms with Crippen LogP contribution in [0.4, 0.5) is 0 Å². The van der Waals surface area contributed by atoms with Gasteiger partial charge in [-0.1, -0.05) is 231 Å². The van der Waals surface area contributed by atoms with Crippen molar-refractivity contribution in [2.75, 3.05) is 0 Å². The average molecular weight is 996 g/mol. The van der Waals surface area contributed by atoms with E-state index in [-0.39, 0.29) is 0 Å². The molecule has 0 N–H and O–H groups in total. The van der Waals surface area contributed by atoms with E-state index in [1.165, 1.54) is 71.6 Å². The van der Waals surface area contributed by atoms with Crippen molar-refractivity contribution in [3.05, 3.63) is 291 Å². The van der Waals surface area contributed by atoms with Gasteiger partial charge in [-0.2, -0.15) is 0 Å². The predicted octanol–water partition coefficient (Wildman–Crippen LogP) is 17.7. The van der Waals surface area contributed by atoms with Gasteiger partial charge in [0.2, 0.25) is 5.95 Å². The van der Waals surface area contributed by atoms with Crippen LogP contribution in [-0.2, 0) is 6.54 Å². The summed E-state index contributed by atoms with van der Waals surface area (Å²) in [6, 6.07) is 103. The van der Waals surface area contributed by atoms with Crippen LogP contribution in [0.5, 0.6) is 0 Å². The molecule has 0 aliphatic carbocycles. The molecule has 5 nitrogen and oxygen atoms in total. The van der Waals surface area contributed by atoms with E-state index in [1.54, 1.807) is 0 Å². The van der Waals surface area contributed by atoms with E-state index in [0.29, 0.717) is 12.4 Å². The molecular weight excluding hydrogens is 947 g/mol. The van der Waals surface area contributed by atoms with Crippen LogP contribution in [0.3, 0.4) is 0 Å². The fourth-order valence-electron chi connectivity index (χ4n) is 11.7. The summed E-state index contributed by atoms with van der Waals surface area (Å²) in [4.78, 5) is 5.50. The number of hydrogen-bond donors (Lipinski definition) is 0. The Morgan fingerprint density at radius 2 is 0.654 bits per heavy atom. The Balaban J connectivity index is 0.916. The van der Waals surface area contributed by atoms with Crippen LogP contribution in [0.15, 0.2) is 285 Å². The molecule has 0 unspecified atom stereocenters. The predicted molar refractivity (Wildman–Crippen MR) is 322 cm³/mol. The lowest BCUT2D eigenvalue weighted by Crippen LogP contribution is -2.42. The second-order valence-corrected chi connectivity index (χ2v) is 20.2. The monoisotopic (exact) mass is 995 g/mol. The summed E-state index contributed by atoms with van der Waals surface area (Å²) >= 11 is 0. The third-order valence-corrected chi connectivity index (χ3v) is 15.6. The van der Waals surface area contributed by atoms with Crippen molar-refractivity contribution in [1.29, 1.82) is 0 Å². The minimum absolute atomic E-state index is 0.527. The Morgan fingerprint density at radius 3 is 1.14 bits per heavy atom. The van der Waals surface area contributed by atoms with Gasteiger partial charge in [-0.25, -0.2) is 4.57 Å². The zero-order valence-corrected chi connectivity index (χ0v) is 42.6. The van der Waals surface area contributed by atoms with Crippen molar-refractivity contribution in [3.8, 4) is 78.7 Å². The van der Waals surface area contributed by atoms with Crippen molar-refractivity contribution in [2.45, 2.75) is 6.54 Å². The zero-order valence-electron chi connectivity index (χ0n) is 42.6. The molecule has 0 bridgehead atoms. The van der Waals surface area contributed by atoms with Gasteiger partial charge in [0.05, 0.1) is 23.3 Å². The normalized spacial score (nSPS) is 11.6. The molecule has 78 heavy (non-hydrogen) atoms. The van der Waals surface area contributed by atoms with E-state index in [4.69, 9.17) is 10.1 Å². The maximum Gasteiger partial charge on any atom is 0.229 e. The van der Waals surface area contributed by atoms with Crippen LogP contribution in [0.2, 0.25) is 0 Å². The first kappa shape index (κ1) is 45.1. The lowest BCUT2D eigenvalue weighted by molar-refractivity contribution is -0.741. The Morgan fingerprint density at radius 1 is 0.295 bits per heavy atom. The molecule has 0 fully saturated rings.